The van der Waals surface area contributed by atoms with Gasteiger partial charge < -0.3 is 14.8 Å². The van der Waals surface area contributed by atoms with Crippen LogP contribution in [0.15, 0.2) is 71.0 Å². The van der Waals surface area contributed by atoms with E-state index in [1.165, 1.54) is 0 Å². The summed E-state index contributed by atoms with van der Waals surface area (Å²) in [5.74, 6) is 1.82. The molecule has 0 fully saturated rings. The van der Waals surface area contributed by atoms with Crippen LogP contribution in [0.5, 0.6) is 5.75 Å². The standard InChI is InChI=1S/C25H28N4O3S/c1-4-15-33-25-27-24-26-17(3)21(23(30)31-5-2)22(29(24)28-25)19-13-9-10-14-20(19)32-16-18-11-7-6-8-12-18/h6-14,22H,4-5,15-16H2,1-3H3,(H,26,27,28). The Morgan fingerprint density at radius 2 is 1.88 bits per heavy atom. The van der Waals surface area contributed by atoms with Crippen molar-refractivity contribution in [3.8, 4) is 5.75 Å². The van der Waals surface area contributed by atoms with Crippen LogP contribution < -0.4 is 10.1 Å². The van der Waals surface area contributed by atoms with E-state index in [0.717, 1.165) is 23.3 Å². The quantitative estimate of drug-likeness (QED) is 0.344. The first-order chi connectivity index (χ1) is 16.1. The Labute approximate surface area is 198 Å². The number of aromatic nitrogens is 3. The van der Waals surface area contributed by atoms with Gasteiger partial charge in [0.2, 0.25) is 11.1 Å². The molecule has 0 saturated carbocycles. The fraction of sp³-hybridized carbons (Fsp3) is 0.320. The first kappa shape index (κ1) is 22.9. The molecule has 0 saturated heterocycles. The molecule has 1 aromatic heterocycles. The van der Waals surface area contributed by atoms with Crippen LogP contribution >= 0.6 is 11.8 Å². The molecule has 2 heterocycles. The maximum Gasteiger partial charge on any atom is 0.338 e. The van der Waals surface area contributed by atoms with E-state index in [0.29, 0.717) is 34.7 Å². The number of benzene rings is 2. The Hall–Kier alpha value is -3.26. The van der Waals surface area contributed by atoms with Crippen LogP contribution in [0.1, 0.15) is 44.4 Å². The number of thioether (sulfide) groups is 1. The molecule has 0 bridgehead atoms. The molecule has 0 spiro atoms. The summed E-state index contributed by atoms with van der Waals surface area (Å²) in [6.45, 7) is 6.49. The van der Waals surface area contributed by atoms with E-state index < -0.39 is 6.04 Å². The summed E-state index contributed by atoms with van der Waals surface area (Å²) in [7, 11) is 0. The lowest BCUT2D eigenvalue weighted by atomic mass is 9.95. The molecule has 1 N–H and O–H groups in total. The van der Waals surface area contributed by atoms with Gasteiger partial charge in [0.05, 0.1) is 12.2 Å². The maximum absolute atomic E-state index is 13.0. The number of nitrogens with one attached hydrogen (secondary N) is 1. The molecular weight excluding hydrogens is 436 g/mol. The van der Waals surface area contributed by atoms with Gasteiger partial charge in [0.1, 0.15) is 18.4 Å². The number of carbonyl (C=O) groups is 1. The Kier molecular flexibility index (Phi) is 7.34. The SMILES string of the molecule is CCCSc1nc2n(n1)C(c1ccccc1OCc1ccccc1)C(C(=O)OCC)=C(C)N2. The minimum atomic E-state index is -0.518. The zero-order valence-electron chi connectivity index (χ0n) is 19.1. The Balaban J connectivity index is 1.76. The topological polar surface area (TPSA) is 78.3 Å². The zero-order chi connectivity index (χ0) is 23.2. The highest BCUT2D eigenvalue weighted by molar-refractivity contribution is 7.99. The van der Waals surface area contributed by atoms with E-state index >= 15 is 0 Å². The number of anilines is 1. The summed E-state index contributed by atoms with van der Waals surface area (Å²) in [6.07, 6.45) is 1.02. The van der Waals surface area contributed by atoms with Crippen molar-refractivity contribution in [3.63, 3.8) is 0 Å². The second-order valence-corrected chi connectivity index (χ2v) is 8.67. The highest BCUT2D eigenvalue weighted by Gasteiger charge is 2.36. The second-order valence-electron chi connectivity index (χ2n) is 7.61. The van der Waals surface area contributed by atoms with Crippen LogP contribution in [-0.2, 0) is 16.1 Å². The summed E-state index contributed by atoms with van der Waals surface area (Å²) >= 11 is 1.60. The first-order valence-electron chi connectivity index (χ1n) is 11.1. The monoisotopic (exact) mass is 464 g/mol. The van der Waals surface area contributed by atoms with E-state index in [9.17, 15) is 4.79 Å². The number of nitrogens with zero attached hydrogens (tertiary/aromatic N) is 3. The third kappa shape index (κ3) is 5.06. The van der Waals surface area contributed by atoms with E-state index in [1.54, 1.807) is 23.4 Å². The smallest absolute Gasteiger partial charge is 0.338 e. The molecule has 8 heteroatoms. The minimum absolute atomic E-state index is 0.288. The molecule has 0 radical (unpaired) electrons. The van der Waals surface area contributed by atoms with Gasteiger partial charge in [-0.3, -0.25) is 0 Å². The number of allylic oxidation sites excluding steroid dienone is 1. The van der Waals surface area contributed by atoms with Gasteiger partial charge in [0, 0.05) is 17.0 Å². The van der Waals surface area contributed by atoms with Gasteiger partial charge in [-0.05, 0) is 31.9 Å². The highest BCUT2D eigenvalue weighted by atomic mass is 32.2. The summed E-state index contributed by atoms with van der Waals surface area (Å²) in [4.78, 5) is 17.7. The summed E-state index contributed by atoms with van der Waals surface area (Å²) in [6, 6.07) is 17.2. The summed E-state index contributed by atoms with van der Waals surface area (Å²) in [5.41, 5.74) is 3.09. The molecule has 2 aromatic carbocycles. The zero-order valence-corrected chi connectivity index (χ0v) is 19.9. The third-order valence-electron chi connectivity index (χ3n) is 5.21. The van der Waals surface area contributed by atoms with Crippen LogP contribution in [-0.4, -0.2) is 33.1 Å². The molecule has 172 valence electrons. The van der Waals surface area contributed by atoms with Crippen LogP contribution in [0, 0.1) is 0 Å². The van der Waals surface area contributed by atoms with Crippen LogP contribution in [0.3, 0.4) is 0 Å². The van der Waals surface area contributed by atoms with E-state index in [4.69, 9.17) is 14.6 Å². The second kappa shape index (κ2) is 10.6. The predicted molar refractivity (Wildman–Crippen MR) is 129 cm³/mol. The van der Waals surface area contributed by atoms with E-state index in [-0.39, 0.29) is 12.6 Å². The molecule has 1 atom stereocenters. The van der Waals surface area contributed by atoms with E-state index in [2.05, 4.69) is 17.2 Å². The molecule has 3 aromatic rings. The third-order valence-corrected chi connectivity index (χ3v) is 6.26. The van der Waals surface area contributed by atoms with Crippen molar-refractivity contribution in [3.05, 3.63) is 77.0 Å². The number of esters is 1. The largest absolute Gasteiger partial charge is 0.489 e. The number of hydrogen-bond donors (Lipinski definition) is 1. The number of rotatable bonds is 9. The lowest BCUT2D eigenvalue weighted by molar-refractivity contribution is -0.139. The lowest BCUT2D eigenvalue weighted by Crippen LogP contribution is -2.30. The molecule has 0 aliphatic carbocycles. The van der Waals surface area contributed by atoms with Crippen LogP contribution in [0.25, 0.3) is 0 Å². The van der Waals surface area contributed by atoms with E-state index in [1.807, 2.05) is 61.5 Å². The molecule has 0 amide bonds. The number of fused-ring (bicyclic) bond motifs is 1. The van der Waals surface area contributed by atoms with Gasteiger partial charge in [-0.1, -0.05) is 67.2 Å². The highest BCUT2D eigenvalue weighted by Crippen LogP contribution is 2.40. The van der Waals surface area contributed by atoms with Crippen LogP contribution in [0.4, 0.5) is 5.95 Å². The number of carbonyl (C=O) groups excluding carboxylic acids is 1. The van der Waals surface area contributed by atoms with Crippen molar-refractivity contribution >= 4 is 23.7 Å². The van der Waals surface area contributed by atoms with Gasteiger partial charge in [-0.25, -0.2) is 9.48 Å². The van der Waals surface area contributed by atoms with Gasteiger partial charge in [0.15, 0.2) is 0 Å². The van der Waals surface area contributed by atoms with Crippen molar-refractivity contribution in [2.45, 2.75) is 45.0 Å². The molecule has 1 aliphatic rings. The predicted octanol–water partition coefficient (Wildman–Crippen LogP) is 5.21. The van der Waals surface area contributed by atoms with Crippen molar-refractivity contribution in [1.82, 2.24) is 14.8 Å². The molecule has 1 aliphatic heterocycles. The summed E-state index contributed by atoms with van der Waals surface area (Å²) in [5, 5.41) is 8.65. The van der Waals surface area contributed by atoms with Crippen molar-refractivity contribution < 1.29 is 14.3 Å². The average molecular weight is 465 g/mol. The van der Waals surface area contributed by atoms with Gasteiger partial charge in [-0.15, -0.1) is 5.10 Å². The Bertz CT molecular complexity index is 1140. The Morgan fingerprint density at radius 1 is 1.12 bits per heavy atom. The van der Waals surface area contributed by atoms with Gasteiger partial charge in [0.25, 0.3) is 0 Å². The average Bonchev–Trinajstić information content (AvgIpc) is 3.24. The first-order valence-corrected chi connectivity index (χ1v) is 12.1. The summed E-state index contributed by atoms with van der Waals surface area (Å²) < 4.78 is 13.4. The minimum Gasteiger partial charge on any atom is -0.489 e. The fourth-order valence-electron chi connectivity index (χ4n) is 3.72. The molecule has 7 nitrogen and oxygen atoms in total. The molecule has 1 unspecified atom stereocenters. The lowest BCUT2D eigenvalue weighted by Gasteiger charge is -2.29. The van der Waals surface area contributed by atoms with Gasteiger partial charge in [-0.2, -0.15) is 4.98 Å². The number of para-hydroxylation sites is 1. The van der Waals surface area contributed by atoms with Crippen molar-refractivity contribution in [2.24, 2.45) is 0 Å². The molecule has 33 heavy (non-hydrogen) atoms. The number of ether oxygens (including phenoxy) is 2. The fourth-order valence-corrected chi connectivity index (χ4v) is 4.40. The van der Waals surface area contributed by atoms with Crippen LogP contribution in [0.2, 0.25) is 0 Å². The number of hydrogen-bond acceptors (Lipinski definition) is 7. The van der Waals surface area contributed by atoms with Gasteiger partial charge >= 0.3 is 5.97 Å². The normalized spacial score (nSPS) is 15.1. The molecular formula is C25H28N4O3S. The molecule has 4 rings (SSSR count). The Morgan fingerprint density at radius 3 is 2.64 bits per heavy atom. The van der Waals surface area contributed by atoms with Crippen molar-refractivity contribution in [2.75, 3.05) is 17.7 Å². The van der Waals surface area contributed by atoms with Crippen molar-refractivity contribution in [1.29, 1.82) is 0 Å². The maximum atomic E-state index is 13.0.